The van der Waals surface area contributed by atoms with Gasteiger partial charge in [-0.05, 0) is 14.0 Å². The molecule has 0 aliphatic rings. The Morgan fingerprint density at radius 2 is 1.75 bits per heavy atom. The Morgan fingerprint density at radius 3 is 2.06 bits per heavy atom. The Hall–Kier alpha value is -0.820. The second-order valence-corrected chi connectivity index (χ2v) is 3.91. The molecule has 0 radical (unpaired) electrons. The van der Waals surface area contributed by atoms with Gasteiger partial charge in [0.2, 0.25) is 5.91 Å². The van der Waals surface area contributed by atoms with Crippen molar-refractivity contribution in [2.24, 2.45) is 0 Å². The summed E-state index contributed by atoms with van der Waals surface area (Å²) < 4.78 is 36.2. The fourth-order valence-corrected chi connectivity index (χ4v) is 1.10. The van der Waals surface area contributed by atoms with Gasteiger partial charge in [-0.15, -0.1) is 0 Å². The van der Waals surface area contributed by atoms with E-state index in [-0.39, 0.29) is 5.91 Å². The molecule has 4 nitrogen and oxygen atoms in total. The molecule has 0 saturated carbocycles. The molecule has 0 saturated heterocycles. The van der Waals surface area contributed by atoms with Crippen LogP contribution in [0.4, 0.5) is 13.2 Å². The predicted octanol–water partition coefficient (Wildman–Crippen LogP) is 0.318. The summed E-state index contributed by atoms with van der Waals surface area (Å²) in [6.07, 6.45) is -7.09. The second-order valence-electron chi connectivity index (χ2n) is 3.91. The van der Waals surface area contributed by atoms with E-state index in [4.69, 9.17) is 5.11 Å². The number of likely N-dealkylation sites (N-methyl/N-ethyl adjacent to an activating group) is 2. The highest BCUT2D eigenvalue weighted by Crippen LogP contribution is 2.20. The largest absolute Gasteiger partial charge is 0.415 e. The molecule has 0 heterocycles. The lowest BCUT2D eigenvalue weighted by Gasteiger charge is -2.28. The summed E-state index contributed by atoms with van der Waals surface area (Å²) in [4.78, 5) is 13.9. The predicted molar refractivity (Wildman–Crippen MR) is 52.8 cm³/mol. The van der Waals surface area contributed by atoms with Gasteiger partial charge >= 0.3 is 6.18 Å². The van der Waals surface area contributed by atoms with Gasteiger partial charge < -0.3 is 10.0 Å². The summed E-state index contributed by atoms with van der Waals surface area (Å²) in [5.74, 6) is -0.308. The minimum atomic E-state index is -4.66. The molecule has 0 spiro atoms. The van der Waals surface area contributed by atoms with Gasteiger partial charge in [-0.1, -0.05) is 0 Å². The molecule has 1 N–H and O–H groups in total. The Morgan fingerprint density at radius 1 is 1.31 bits per heavy atom. The normalized spacial score (nSPS) is 16.1. The van der Waals surface area contributed by atoms with E-state index in [2.05, 4.69) is 0 Å². The van der Waals surface area contributed by atoms with Crippen molar-refractivity contribution in [2.75, 3.05) is 27.7 Å². The number of hydrogen-bond donors (Lipinski definition) is 1. The van der Waals surface area contributed by atoms with Gasteiger partial charge in [0, 0.05) is 20.6 Å². The zero-order valence-electron chi connectivity index (χ0n) is 9.75. The number of alkyl halides is 3. The number of aliphatic hydroxyl groups is 1. The van der Waals surface area contributed by atoms with Gasteiger partial charge in [0.25, 0.3) is 0 Å². The van der Waals surface area contributed by atoms with Crippen LogP contribution in [0, 0.1) is 0 Å². The number of carbonyl (C=O) groups excluding carboxylic acids is 1. The van der Waals surface area contributed by atoms with Crippen molar-refractivity contribution in [3.05, 3.63) is 0 Å². The molecule has 0 aliphatic carbocycles. The standard InChI is InChI=1S/C9H17F3N2O2/c1-6(8(16)13(2)3)14(4)5-7(15)9(10,11)12/h6-7,15H,5H2,1-4H3. The molecular weight excluding hydrogens is 225 g/mol. The molecular formula is C9H17F3N2O2. The van der Waals surface area contributed by atoms with Crippen LogP contribution in [0.3, 0.4) is 0 Å². The van der Waals surface area contributed by atoms with E-state index in [0.717, 1.165) is 0 Å². The lowest BCUT2D eigenvalue weighted by molar-refractivity contribution is -0.208. The van der Waals surface area contributed by atoms with Crippen molar-refractivity contribution in [3.8, 4) is 0 Å². The number of carbonyl (C=O) groups is 1. The molecule has 0 aromatic heterocycles. The van der Waals surface area contributed by atoms with E-state index >= 15 is 0 Å². The van der Waals surface area contributed by atoms with Crippen LogP contribution in [0.2, 0.25) is 0 Å². The molecule has 2 unspecified atom stereocenters. The first-order valence-electron chi connectivity index (χ1n) is 4.73. The van der Waals surface area contributed by atoms with Crippen LogP contribution < -0.4 is 0 Å². The van der Waals surface area contributed by atoms with Crippen molar-refractivity contribution in [3.63, 3.8) is 0 Å². The zero-order chi connectivity index (χ0) is 13.1. The molecule has 96 valence electrons. The number of hydrogen-bond acceptors (Lipinski definition) is 3. The quantitative estimate of drug-likeness (QED) is 0.772. The number of rotatable bonds is 4. The van der Waals surface area contributed by atoms with Crippen molar-refractivity contribution in [1.82, 2.24) is 9.80 Å². The smallest absolute Gasteiger partial charge is 0.382 e. The fourth-order valence-electron chi connectivity index (χ4n) is 1.10. The monoisotopic (exact) mass is 242 g/mol. The number of amides is 1. The molecule has 0 rings (SSSR count). The van der Waals surface area contributed by atoms with Crippen LogP contribution >= 0.6 is 0 Å². The average Bonchev–Trinajstić information content (AvgIpc) is 2.13. The van der Waals surface area contributed by atoms with E-state index in [9.17, 15) is 18.0 Å². The SMILES string of the molecule is CC(C(=O)N(C)C)N(C)CC(O)C(F)(F)F. The number of halogens is 3. The summed E-state index contributed by atoms with van der Waals surface area (Å²) in [5.41, 5.74) is 0. The van der Waals surface area contributed by atoms with Gasteiger partial charge in [-0.3, -0.25) is 9.69 Å². The van der Waals surface area contributed by atoms with E-state index in [1.807, 2.05) is 0 Å². The Kier molecular flexibility index (Phi) is 5.21. The molecule has 0 bridgehead atoms. The Balaban J connectivity index is 4.36. The van der Waals surface area contributed by atoms with Gasteiger partial charge in [-0.25, -0.2) is 0 Å². The van der Waals surface area contributed by atoms with Crippen molar-refractivity contribution in [1.29, 1.82) is 0 Å². The summed E-state index contributed by atoms with van der Waals surface area (Å²) in [5, 5.41) is 8.83. The molecule has 0 aromatic rings. The lowest BCUT2D eigenvalue weighted by Crippen LogP contribution is -2.48. The molecule has 2 atom stereocenters. The fraction of sp³-hybridized carbons (Fsp3) is 0.889. The van der Waals surface area contributed by atoms with E-state index in [0.29, 0.717) is 0 Å². The summed E-state index contributed by atoms with van der Waals surface area (Å²) in [7, 11) is 4.40. The third-order valence-electron chi connectivity index (χ3n) is 2.30. The topological polar surface area (TPSA) is 43.8 Å². The molecule has 7 heteroatoms. The number of nitrogens with zero attached hydrogens (tertiary/aromatic N) is 2. The minimum Gasteiger partial charge on any atom is -0.382 e. The highest BCUT2D eigenvalue weighted by Gasteiger charge is 2.39. The summed E-state index contributed by atoms with van der Waals surface area (Å²) in [6.45, 7) is 0.871. The van der Waals surface area contributed by atoms with Gasteiger partial charge in [-0.2, -0.15) is 13.2 Å². The summed E-state index contributed by atoms with van der Waals surface area (Å²) in [6, 6.07) is -0.702. The van der Waals surface area contributed by atoms with E-state index in [1.165, 1.54) is 37.9 Å². The van der Waals surface area contributed by atoms with Crippen LogP contribution in [0.5, 0.6) is 0 Å². The van der Waals surface area contributed by atoms with Crippen LogP contribution in [0.15, 0.2) is 0 Å². The number of aliphatic hydroxyl groups excluding tert-OH is 1. The maximum absolute atomic E-state index is 12.1. The van der Waals surface area contributed by atoms with Crippen LogP contribution in [-0.2, 0) is 4.79 Å². The first-order valence-corrected chi connectivity index (χ1v) is 4.73. The molecule has 1 amide bonds. The van der Waals surface area contributed by atoms with Crippen LogP contribution in [0.1, 0.15) is 6.92 Å². The highest BCUT2D eigenvalue weighted by molar-refractivity contribution is 5.80. The zero-order valence-corrected chi connectivity index (χ0v) is 9.75. The molecule has 0 aromatic carbocycles. The van der Waals surface area contributed by atoms with Gasteiger partial charge in [0.1, 0.15) is 0 Å². The van der Waals surface area contributed by atoms with Crippen molar-refractivity contribution in [2.45, 2.75) is 25.2 Å². The summed E-state index contributed by atoms with van der Waals surface area (Å²) >= 11 is 0. The molecule has 0 aliphatic heterocycles. The van der Waals surface area contributed by atoms with Crippen LogP contribution in [-0.4, -0.2) is 66.8 Å². The second kappa shape index (κ2) is 5.49. The van der Waals surface area contributed by atoms with E-state index < -0.39 is 24.9 Å². The maximum atomic E-state index is 12.1. The van der Waals surface area contributed by atoms with Gasteiger partial charge in [0.15, 0.2) is 6.10 Å². The Bertz CT molecular complexity index is 243. The van der Waals surface area contributed by atoms with Gasteiger partial charge in [0.05, 0.1) is 6.04 Å². The minimum absolute atomic E-state index is 0.308. The Labute approximate surface area is 92.6 Å². The first-order chi connectivity index (χ1) is 7.07. The molecule has 0 fully saturated rings. The third-order valence-corrected chi connectivity index (χ3v) is 2.30. The van der Waals surface area contributed by atoms with Crippen molar-refractivity contribution < 1.29 is 23.1 Å². The highest BCUT2D eigenvalue weighted by atomic mass is 19.4. The van der Waals surface area contributed by atoms with Crippen molar-refractivity contribution >= 4 is 5.91 Å². The van der Waals surface area contributed by atoms with Crippen LogP contribution in [0.25, 0.3) is 0 Å². The average molecular weight is 242 g/mol. The van der Waals surface area contributed by atoms with E-state index in [1.54, 1.807) is 0 Å². The maximum Gasteiger partial charge on any atom is 0.415 e. The third kappa shape index (κ3) is 4.36. The lowest BCUT2D eigenvalue weighted by atomic mass is 10.2. The first kappa shape index (κ1) is 15.2. The molecule has 16 heavy (non-hydrogen) atoms.